The van der Waals surface area contributed by atoms with Gasteiger partial charge in [0.1, 0.15) is 12.1 Å². The van der Waals surface area contributed by atoms with E-state index in [-0.39, 0.29) is 18.4 Å². The Morgan fingerprint density at radius 2 is 1.91 bits per heavy atom. The number of aliphatic imine (C=N–C) groups is 1. The van der Waals surface area contributed by atoms with Crippen LogP contribution in [0.2, 0.25) is 0 Å². The second-order valence-corrected chi connectivity index (χ2v) is 8.53. The lowest BCUT2D eigenvalue weighted by atomic mass is 9.87. The second-order valence-electron chi connectivity index (χ2n) is 8.53. The van der Waals surface area contributed by atoms with Crippen molar-refractivity contribution in [3.05, 3.63) is 53.8 Å². The monoisotopic (exact) mass is 460 g/mol. The van der Waals surface area contributed by atoms with E-state index >= 15 is 0 Å². The number of nitrogens with one attached hydrogen (secondary N) is 1. The molecule has 3 unspecified atom stereocenters. The van der Waals surface area contributed by atoms with Gasteiger partial charge in [-0.1, -0.05) is 58.9 Å². The summed E-state index contributed by atoms with van der Waals surface area (Å²) >= 11 is 0. The first-order valence-electron chi connectivity index (χ1n) is 11.2. The molecule has 3 N–H and O–H groups in total. The van der Waals surface area contributed by atoms with Crippen molar-refractivity contribution < 1.29 is 19.1 Å². The van der Waals surface area contributed by atoms with Crippen LogP contribution in [0.3, 0.4) is 0 Å². The zero-order chi connectivity index (χ0) is 25.2. The largest absolute Gasteiger partial charge is 0.368 e. The normalized spacial score (nSPS) is 19.5. The smallest absolute Gasteiger partial charge is 0.245 e. The minimum absolute atomic E-state index is 0.0854. The van der Waals surface area contributed by atoms with Crippen molar-refractivity contribution in [3.63, 3.8) is 0 Å². The number of rotatable bonds is 8. The minimum Gasteiger partial charge on any atom is -0.368 e. The molecule has 1 aliphatic heterocycles. The number of nitrogens with two attached hydrogens (primary N) is 1. The Hall–Kier alpha value is -2.84. The fourth-order valence-electron chi connectivity index (χ4n) is 3.60. The summed E-state index contributed by atoms with van der Waals surface area (Å²) in [4.78, 5) is 35.1. The third-order valence-electron chi connectivity index (χ3n) is 5.21. The third kappa shape index (κ3) is 7.33. The maximum Gasteiger partial charge on any atom is 0.245 e. The predicted octanol–water partition coefficient (Wildman–Crippen LogP) is 3.99. The van der Waals surface area contributed by atoms with Gasteiger partial charge in [0.15, 0.2) is 0 Å². The number of hydrogen-bond acceptors (Lipinski definition) is 5. The van der Waals surface area contributed by atoms with Crippen LogP contribution in [0.1, 0.15) is 53.5 Å². The minimum atomic E-state index is -1.12. The Bertz CT molecular complexity index is 859. The molecule has 0 radical (unpaired) electrons. The molecular formula is C25H37FN4O3. The van der Waals surface area contributed by atoms with E-state index in [1.54, 1.807) is 31.2 Å². The van der Waals surface area contributed by atoms with Crippen LogP contribution in [0.25, 0.3) is 0 Å². The number of benzene rings is 1. The van der Waals surface area contributed by atoms with Crippen molar-refractivity contribution in [3.8, 4) is 0 Å². The number of anilines is 1. The number of nitrogens with zero attached hydrogens (tertiary/aromatic N) is 2. The summed E-state index contributed by atoms with van der Waals surface area (Å²) in [5.74, 6) is -1.14. The molecule has 0 spiro atoms. The van der Waals surface area contributed by atoms with Crippen molar-refractivity contribution in [1.82, 2.24) is 5.32 Å². The molecule has 2 rings (SSSR count). The van der Waals surface area contributed by atoms with Crippen molar-refractivity contribution in [2.24, 2.45) is 10.7 Å². The molecule has 1 saturated heterocycles. The molecule has 0 aliphatic carbocycles. The van der Waals surface area contributed by atoms with Crippen LogP contribution in [0.5, 0.6) is 0 Å². The van der Waals surface area contributed by atoms with Crippen molar-refractivity contribution in [2.75, 3.05) is 11.4 Å². The van der Waals surface area contributed by atoms with Gasteiger partial charge >= 0.3 is 0 Å². The zero-order valence-electron chi connectivity index (χ0n) is 20.5. The average molecular weight is 461 g/mol. The van der Waals surface area contributed by atoms with Gasteiger partial charge in [-0.25, -0.2) is 0 Å². The maximum atomic E-state index is 13.5. The molecule has 1 heterocycles. The van der Waals surface area contributed by atoms with Gasteiger partial charge in [0, 0.05) is 30.4 Å². The van der Waals surface area contributed by atoms with Gasteiger partial charge in [-0.2, -0.15) is 4.94 Å². The second kappa shape index (κ2) is 13.0. The Kier molecular flexibility index (Phi) is 11.1. The highest BCUT2D eigenvalue weighted by molar-refractivity contribution is 6.04. The molecule has 7 nitrogen and oxygen atoms in total. The van der Waals surface area contributed by atoms with Crippen molar-refractivity contribution in [1.29, 1.82) is 0 Å². The Balaban J connectivity index is 0.00000265. The van der Waals surface area contributed by atoms with E-state index in [9.17, 15) is 14.1 Å². The van der Waals surface area contributed by atoms with Crippen LogP contribution in [-0.4, -0.2) is 43.3 Å². The fraction of sp³-hybridized carbons (Fsp3) is 0.480. The van der Waals surface area contributed by atoms with E-state index in [0.717, 1.165) is 5.56 Å². The molecule has 1 fully saturated rings. The summed E-state index contributed by atoms with van der Waals surface area (Å²) in [7, 11) is 0. The molecule has 2 amide bonds. The third-order valence-corrected chi connectivity index (χ3v) is 5.21. The molecule has 182 valence electrons. The van der Waals surface area contributed by atoms with Gasteiger partial charge in [-0.15, -0.1) is 0 Å². The van der Waals surface area contributed by atoms with E-state index in [2.05, 4.69) is 42.7 Å². The fourth-order valence-corrected chi connectivity index (χ4v) is 3.60. The molecule has 3 atom stereocenters. The van der Waals surface area contributed by atoms with Gasteiger partial charge in [0.2, 0.25) is 11.8 Å². The number of primary amides is 1. The lowest BCUT2D eigenvalue weighted by molar-refractivity contribution is -0.172. The van der Waals surface area contributed by atoms with E-state index < -0.39 is 30.0 Å². The lowest BCUT2D eigenvalue weighted by Crippen LogP contribution is -2.54. The maximum absolute atomic E-state index is 13.5. The molecule has 1 aromatic carbocycles. The molecule has 0 aromatic heterocycles. The SMILES string of the molecule is C=N/C=C(\C=C/C)C(C(N)=O)N(C(=O)C1CC(OF)CN1)c1ccc(C(C)(C)C)cc1.CC. The van der Waals surface area contributed by atoms with E-state index in [0.29, 0.717) is 11.3 Å². The van der Waals surface area contributed by atoms with Gasteiger partial charge < -0.3 is 11.1 Å². The highest BCUT2D eigenvalue weighted by atomic mass is 19.3. The summed E-state index contributed by atoms with van der Waals surface area (Å²) in [6.07, 6.45) is 4.18. The highest BCUT2D eigenvalue weighted by Crippen LogP contribution is 2.29. The number of carbonyl (C=O) groups is 2. The van der Waals surface area contributed by atoms with Crippen LogP contribution in [0.15, 0.2) is 53.2 Å². The standard InChI is InChI=1S/C23H31FN4O3.C2H6/c1-6-7-15(13-26-5)20(21(25)29)28(22(30)19-12-18(31-24)14-27-19)17-10-8-16(9-11-17)23(2,3)4;1-2/h6-11,13,18-20,27H,5,12,14H2,1-4H3,(H2,25,29);1-2H3/b7-6-,15-13+;. The zero-order valence-corrected chi connectivity index (χ0v) is 20.5. The predicted molar refractivity (Wildman–Crippen MR) is 132 cm³/mol. The van der Waals surface area contributed by atoms with E-state index in [1.807, 2.05) is 26.0 Å². The molecule has 0 bridgehead atoms. The van der Waals surface area contributed by atoms with Gasteiger partial charge in [0.05, 0.1) is 6.04 Å². The van der Waals surface area contributed by atoms with Crippen LogP contribution in [0, 0.1) is 0 Å². The Morgan fingerprint density at radius 3 is 2.33 bits per heavy atom. The molecule has 1 aliphatic rings. The quantitative estimate of drug-likeness (QED) is 0.453. The lowest BCUT2D eigenvalue weighted by Gasteiger charge is -2.33. The van der Waals surface area contributed by atoms with Crippen LogP contribution < -0.4 is 16.0 Å². The van der Waals surface area contributed by atoms with Crippen LogP contribution >= 0.6 is 0 Å². The van der Waals surface area contributed by atoms with Gasteiger partial charge in [-0.3, -0.25) is 19.5 Å². The summed E-state index contributed by atoms with van der Waals surface area (Å²) in [6, 6.07) is 5.53. The molecule has 33 heavy (non-hydrogen) atoms. The first-order valence-corrected chi connectivity index (χ1v) is 11.2. The number of halogens is 1. The Morgan fingerprint density at radius 1 is 1.30 bits per heavy atom. The summed E-state index contributed by atoms with van der Waals surface area (Å²) in [6.45, 7) is 15.7. The van der Waals surface area contributed by atoms with Crippen LogP contribution in [-0.2, 0) is 19.9 Å². The summed E-state index contributed by atoms with van der Waals surface area (Å²) < 4.78 is 12.7. The topological polar surface area (TPSA) is 97.0 Å². The summed E-state index contributed by atoms with van der Waals surface area (Å²) in [5, 5.41) is 2.96. The summed E-state index contributed by atoms with van der Waals surface area (Å²) in [5.41, 5.74) is 7.64. The number of carbonyl (C=O) groups excluding carboxylic acids is 2. The van der Waals surface area contributed by atoms with Crippen molar-refractivity contribution in [2.45, 2.75) is 71.6 Å². The first-order chi connectivity index (χ1) is 15.6. The molecule has 8 heteroatoms. The van der Waals surface area contributed by atoms with E-state index in [4.69, 9.17) is 5.73 Å². The molecular weight excluding hydrogens is 423 g/mol. The van der Waals surface area contributed by atoms with Gasteiger partial charge in [-0.05, 0) is 41.3 Å². The van der Waals surface area contributed by atoms with E-state index in [1.165, 1.54) is 11.1 Å². The number of amides is 2. The number of allylic oxidation sites excluding steroid dienone is 1. The highest BCUT2D eigenvalue weighted by Gasteiger charge is 2.39. The van der Waals surface area contributed by atoms with Crippen molar-refractivity contribution >= 4 is 24.2 Å². The molecule has 0 saturated carbocycles. The Labute approximate surface area is 196 Å². The number of hydrogen-bond donors (Lipinski definition) is 2. The van der Waals surface area contributed by atoms with Gasteiger partial charge in [0.25, 0.3) is 0 Å². The average Bonchev–Trinajstić information content (AvgIpc) is 3.27. The van der Waals surface area contributed by atoms with Crippen LogP contribution in [0.4, 0.5) is 10.2 Å². The first kappa shape index (κ1) is 28.2. The molecule has 1 aromatic rings.